The molecule has 222 valence electrons. The molecule has 44 heavy (non-hydrogen) atoms. The molecule has 6 heteroatoms. The molecular formula is C38H34Cl2N2O2. The number of nitrogen functional groups attached to an aromatic ring is 1. The minimum atomic E-state index is -0.217. The highest BCUT2D eigenvalue weighted by molar-refractivity contribution is 6.37. The summed E-state index contributed by atoms with van der Waals surface area (Å²) in [6, 6.07) is 19.2. The summed E-state index contributed by atoms with van der Waals surface area (Å²) in [5.41, 5.74) is 14.0. The third-order valence-electron chi connectivity index (χ3n) is 8.19. The van der Waals surface area contributed by atoms with Gasteiger partial charge in [-0.3, -0.25) is 4.79 Å². The van der Waals surface area contributed by atoms with Gasteiger partial charge in [0, 0.05) is 37.5 Å². The molecule has 0 spiro atoms. The van der Waals surface area contributed by atoms with Crippen LogP contribution >= 0.6 is 23.2 Å². The SMILES string of the molecule is CC(=O)/C(C1=C(/C=C/C(=N)c2cccc3c(Cl)ccc(C)c23)CC/C1=C\C=C(\C)c1cccc2c(Cl)ccc(N)c12)=C(\C)O. The van der Waals surface area contributed by atoms with Crippen LogP contribution in [0.2, 0.25) is 10.0 Å². The lowest BCUT2D eigenvalue weighted by Gasteiger charge is -2.12. The number of hydrogen-bond donors (Lipinski definition) is 3. The van der Waals surface area contributed by atoms with Crippen LogP contribution in [0.3, 0.4) is 0 Å². The highest BCUT2D eigenvalue weighted by Crippen LogP contribution is 2.40. The Kier molecular flexibility index (Phi) is 8.96. The number of hydrogen-bond acceptors (Lipinski definition) is 4. The maximum Gasteiger partial charge on any atom is 0.163 e. The summed E-state index contributed by atoms with van der Waals surface area (Å²) >= 11 is 12.9. The molecule has 0 fully saturated rings. The fourth-order valence-electron chi connectivity index (χ4n) is 6.08. The van der Waals surface area contributed by atoms with Crippen molar-refractivity contribution in [2.75, 3.05) is 5.73 Å². The Labute approximate surface area is 268 Å². The molecule has 1 aliphatic rings. The molecule has 0 saturated heterocycles. The number of aryl methyl sites for hydroxylation is 1. The predicted molar refractivity (Wildman–Crippen MR) is 187 cm³/mol. The molecule has 0 saturated carbocycles. The second kappa shape index (κ2) is 12.7. The van der Waals surface area contributed by atoms with E-state index in [1.54, 1.807) is 12.1 Å². The van der Waals surface area contributed by atoms with Crippen molar-refractivity contribution in [3.8, 4) is 0 Å². The second-order valence-electron chi connectivity index (χ2n) is 11.2. The molecule has 4 nitrogen and oxygen atoms in total. The summed E-state index contributed by atoms with van der Waals surface area (Å²) in [4.78, 5) is 12.8. The van der Waals surface area contributed by atoms with Gasteiger partial charge in [-0.1, -0.05) is 83.9 Å². The average Bonchev–Trinajstić information content (AvgIpc) is 3.39. The van der Waals surface area contributed by atoms with Gasteiger partial charge in [-0.15, -0.1) is 0 Å². The van der Waals surface area contributed by atoms with Crippen molar-refractivity contribution in [1.29, 1.82) is 5.41 Å². The second-order valence-corrected chi connectivity index (χ2v) is 12.0. The Morgan fingerprint density at radius 3 is 2.18 bits per heavy atom. The van der Waals surface area contributed by atoms with Crippen molar-refractivity contribution < 1.29 is 9.90 Å². The predicted octanol–water partition coefficient (Wildman–Crippen LogP) is 10.7. The third-order valence-corrected chi connectivity index (χ3v) is 8.85. The zero-order chi connectivity index (χ0) is 31.7. The number of fused-ring (bicyclic) bond motifs is 2. The summed E-state index contributed by atoms with van der Waals surface area (Å²) in [5.74, 6) is -0.247. The molecule has 0 heterocycles. The first kappa shape index (κ1) is 31.1. The topological polar surface area (TPSA) is 87.2 Å². The van der Waals surface area contributed by atoms with Gasteiger partial charge in [0.2, 0.25) is 0 Å². The van der Waals surface area contributed by atoms with Crippen molar-refractivity contribution in [3.05, 3.63) is 140 Å². The maximum atomic E-state index is 12.8. The van der Waals surface area contributed by atoms with Gasteiger partial charge >= 0.3 is 0 Å². The minimum Gasteiger partial charge on any atom is -0.512 e. The molecule has 0 aliphatic heterocycles. The summed E-state index contributed by atoms with van der Waals surface area (Å²) in [6.45, 7) is 7.03. The Morgan fingerprint density at radius 2 is 1.52 bits per heavy atom. The summed E-state index contributed by atoms with van der Waals surface area (Å²) in [6.07, 6.45) is 9.04. The number of rotatable bonds is 7. The molecular weight excluding hydrogens is 587 g/mol. The van der Waals surface area contributed by atoms with E-state index in [0.717, 1.165) is 55.0 Å². The average molecular weight is 622 g/mol. The first-order chi connectivity index (χ1) is 21.0. The van der Waals surface area contributed by atoms with Crippen LogP contribution < -0.4 is 5.73 Å². The molecule has 0 amide bonds. The quantitative estimate of drug-likeness (QED) is 0.0830. The maximum absolute atomic E-state index is 12.8. The van der Waals surface area contributed by atoms with E-state index in [1.807, 2.05) is 86.7 Å². The fraction of sp³-hybridized carbons (Fsp3) is 0.158. The number of nitrogens with two attached hydrogens (primary N) is 1. The lowest BCUT2D eigenvalue weighted by molar-refractivity contribution is -0.113. The van der Waals surface area contributed by atoms with E-state index in [1.165, 1.54) is 13.8 Å². The molecule has 0 unspecified atom stereocenters. The van der Waals surface area contributed by atoms with Crippen molar-refractivity contribution >= 4 is 67.5 Å². The number of carbonyl (C=O) groups excluding carboxylic acids is 1. The molecule has 0 bridgehead atoms. The van der Waals surface area contributed by atoms with E-state index in [4.69, 9.17) is 34.3 Å². The minimum absolute atomic E-state index is 0.0298. The number of nitrogens with one attached hydrogen (secondary N) is 1. The molecule has 5 rings (SSSR count). The number of anilines is 1. The van der Waals surface area contributed by atoms with Crippen LogP contribution in [0.4, 0.5) is 5.69 Å². The monoisotopic (exact) mass is 620 g/mol. The van der Waals surface area contributed by atoms with Gasteiger partial charge in [-0.2, -0.15) is 0 Å². The van der Waals surface area contributed by atoms with Crippen molar-refractivity contribution in [3.63, 3.8) is 0 Å². The molecule has 4 aromatic carbocycles. The summed E-state index contributed by atoms with van der Waals surface area (Å²) in [5, 5.41) is 24.5. The fourth-order valence-corrected chi connectivity index (χ4v) is 6.52. The lowest BCUT2D eigenvalue weighted by atomic mass is 9.92. The number of carbonyl (C=O) groups is 1. The van der Waals surface area contributed by atoms with Crippen molar-refractivity contribution in [1.82, 2.24) is 0 Å². The first-order valence-corrected chi connectivity index (χ1v) is 15.2. The van der Waals surface area contributed by atoms with Gasteiger partial charge in [0.15, 0.2) is 5.78 Å². The van der Waals surface area contributed by atoms with Crippen LogP contribution in [0, 0.1) is 12.3 Å². The van der Waals surface area contributed by atoms with E-state index < -0.39 is 0 Å². The highest BCUT2D eigenvalue weighted by Gasteiger charge is 2.25. The number of aliphatic hydroxyl groups excluding tert-OH is 1. The van der Waals surface area contributed by atoms with E-state index in [-0.39, 0.29) is 11.5 Å². The molecule has 4 N–H and O–H groups in total. The number of aliphatic hydroxyl groups is 1. The van der Waals surface area contributed by atoms with E-state index >= 15 is 0 Å². The first-order valence-electron chi connectivity index (χ1n) is 14.4. The van der Waals surface area contributed by atoms with Gasteiger partial charge in [-0.25, -0.2) is 0 Å². The summed E-state index contributed by atoms with van der Waals surface area (Å²) < 4.78 is 0. The molecule has 0 radical (unpaired) electrons. The lowest BCUT2D eigenvalue weighted by Crippen LogP contribution is -2.05. The van der Waals surface area contributed by atoms with Crippen LogP contribution in [0.5, 0.6) is 0 Å². The van der Waals surface area contributed by atoms with Gasteiger partial charge in [0.25, 0.3) is 0 Å². The Balaban J connectivity index is 1.59. The van der Waals surface area contributed by atoms with Crippen LogP contribution in [0.25, 0.3) is 27.1 Å². The van der Waals surface area contributed by atoms with Gasteiger partial charge < -0.3 is 16.2 Å². The molecule has 0 atom stereocenters. The summed E-state index contributed by atoms with van der Waals surface area (Å²) in [7, 11) is 0. The van der Waals surface area contributed by atoms with Gasteiger partial charge in [0.1, 0.15) is 5.76 Å². The highest BCUT2D eigenvalue weighted by atomic mass is 35.5. The zero-order valence-corrected chi connectivity index (χ0v) is 26.7. The standard InChI is InChI=1S/C38H34Cl2N2O2/c1-21(27-7-5-9-29-32(40)18-20-34(42)38(27)29)11-13-25-14-15-26(37(25)36(23(3)43)24(4)44)16-19-33(41)30-10-6-8-28-31(39)17-12-22(2)35(28)30/h5-13,16-20,41,43H,14-15,42H2,1-4H3/b19-16+,21-11-,25-13+,36-23-,41-33?. The van der Waals surface area contributed by atoms with Crippen molar-refractivity contribution in [2.45, 2.75) is 40.5 Å². The van der Waals surface area contributed by atoms with Crippen LogP contribution in [0.1, 0.15) is 50.3 Å². The molecule has 1 aliphatic carbocycles. The van der Waals surface area contributed by atoms with Crippen LogP contribution in [0.15, 0.2) is 113 Å². The number of ketones is 1. The van der Waals surface area contributed by atoms with Crippen LogP contribution in [-0.4, -0.2) is 16.6 Å². The largest absolute Gasteiger partial charge is 0.512 e. The number of benzene rings is 4. The zero-order valence-electron chi connectivity index (χ0n) is 25.2. The van der Waals surface area contributed by atoms with Crippen LogP contribution in [-0.2, 0) is 4.79 Å². The Hall–Kier alpha value is -4.38. The van der Waals surface area contributed by atoms with Crippen molar-refractivity contribution in [2.24, 2.45) is 0 Å². The van der Waals surface area contributed by atoms with E-state index in [9.17, 15) is 9.90 Å². The third kappa shape index (κ3) is 5.88. The molecule has 0 aromatic heterocycles. The van der Waals surface area contributed by atoms with Gasteiger partial charge in [-0.05, 0) is 104 Å². The smallest absolute Gasteiger partial charge is 0.163 e. The van der Waals surface area contributed by atoms with Gasteiger partial charge in [0.05, 0.1) is 11.3 Å². The Morgan fingerprint density at radius 1 is 0.886 bits per heavy atom. The number of halogens is 2. The van der Waals surface area contributed by atoms with E-state index in [2.05, 4.69) is 0 Å². The number of allylic oxidation sites excluding steroid dienone is 10. The molecule has 4 aromatic rings. The normalized spacial score (nSPS) is 15.6. The Bertz CT molecular complexity index is 2020. The number of Topliss-reactive ketones (excluding diaryl/α,β-unsaturated/α-hetero) is 1. The van der Waals surface area contributed by atoms with E-state index in [0.29, 0.717) is 45.4 Å².